The number of aromatic nitrogens is 2. The number of hydrogen-bond donors (Lipinski definition) is 0. The van der Waals surface area contributed by atoms with E-state index < -0.39 is 8.07 Å². The number of rotatable bonds is 8. The molecule has 1 aliphatic rings. The van der Waals surface area contributed by atoms with E-state index in [-0.39, 0.29) is 6.79 Å². The molecule has 1 aromatic heterocycles. The minimum Gasteiger partial charge on any atom is -0.450 e. The van der Waals surface area contributed by atoms with Gasteiger partial charge in [-0.25, -0.2) is 4.98 Å². The summed E-state index contributed by atoms with van der Waals surface area (Å²) < 4.78 is 18.1. The molecule has 2 aromatic rings. The van der Waals surface area contributed by atoms with Gasteiger partial charge in [0.05, 0.1) is 29.1 Å². The third-order valence-electron chi connectivity index (χ3n) is 4.23. The molecule has 148 valence electrons. The second-order valence-electron chi connectivity index (χ2n) is 7.53. The van der Waals surface area contributed by atoms with Gasteiger partial charge in [0.1, 0.15) is 0 Å². The Morgan fingerprint density at radius 3 is 2.67 bits per heavy atom. The summed E-state index contributed by atoms with van der Waals surface area (Å²) in [5, 5.41) is 2.04. The molecular weight excluding hydrogens is 468 g/mol. The monoisotopic (exact) mass is 490 g/mol. The van der Waals surface area contributed by atoms with Gasteiger partial charge in [-0.1, -0.05) is 49.9 Å². The molecule has 0 N–H and O–H groups in total. The third kappa shape index (κ3) is 4.97. The lowest BCUT2D eigenvalue weighted by Crippen LogP contribution is -2.22. The van der Waals surface area contributed by atoms with Crippen LogP contribution in [0, 0.1) is 0 Å². The summed E-state index contributed by atoms with van der Waals surface area (Å²) in [6.45, 7) is 10.9. The van der Waals surface area contributed by atoms with Crippen LogP contribution in [0.4, 0.5) is 0 Å². The van der Waals surface area contributed by atoms with E-state index in [0.29, 0.717) is 41.4 Å². The van der Waals surface area contributed by atoms with Crippen molar-refractivity contribution in [3.05, 3.63) is 20.6 Å². The zero-order valence-electron chi connectivity index (χ0n) is 16.0. The Morgan fingerprint density at radius 1 is 1.22 bits per heavy atom. The molecule has 0 bridgehead atoms. The number of halogens is 2. The summed E-state index contributed by atoms with van der Waals surface area (Å²) in [5.74, 6) is 1.38. The van der Waals surface area contributed by atoms with Crippen LogP contribution in [-0.4, -0.2) is 37.2 Å². The van der Waals surface area contributed by atoms with Crippen molar-refractivity contribution in [2.75, 3.05) is 19.2 Å². The number of hydrogen-bond acceptors (Lipinski definition) is 6. The third-order valence-corrected chi connectivity index (χ3v) is 8.13. The fourth-order valence-corrected chi connectivity index (χ4v) is 4.88. The highest BCUT2D eigenvalue weighted by molar-refractivity contribution is 9.10. The minimum absolute atomic E-state index is 0.163. The molecule has 0 amide bonds. The Hall–Kier alpha value is -0.383. The smallest absolute Gasteiger partial charge is 0.228 e. The van der Waals surface area contributed by atoms with Crippen LogP contribution in [-0.2, 0) is 22.7 Å². The van der Waals surface area contributed by atoms with E-state index in [1.165, 1.54) is 0 Å². The van der Waals surface area contributed by atoms with Crippen LogP contribution in [0.25, 0.3) is 10.9 Å². The Bertz CT molecular complexity index is 848. The van der Waals surface area contributed by atoms with Crippen LogP contribution in [0.2, 0.25) is 30.7 Å². The Labute approximate surface area is 178 Å². The number of thioether (sulfide) groups is 1. The standard InChI is InChI=1S/C18H24BrClN2O3SSi/c1-5-26-18-21-16-13(11-8-24-9-12(11)14(19)15(16)20)17(22-18)25-10-23-6-7-27(2,3)4/h5-10H2,1-4H3. The average molecular weight is 492 g/mol. The van der Waals surface area contributed by atoms with Crippen LogP contribution in [0.1, 0.15) is 18.1 Å². The summed E-state index contributed by atoms with van der Waals surface area (Å²) in [4.78, 5) is 9.27. The zero-order valence-corrected chi connectivity index (χ0v) is 20.2. The van der Waals surface area contributed by atoms with Gasteiger partial charge < -0.3 is 14.2 Å². The van der Waals surface area contributed by atoms with Crippen molar-refractivity contribution in [3.63, 3.8) is 0 Å². The Kier molecular flexibility index (Phi) is 7.08. The number of ether oxygens (including phenoxy) is 3. The number of fused-ring (bicyclic) bond motifs is 3. The van der Waals surface area contributed by atoms with Gasteiger partial charge in [0.2, 0.25) is 5.88 Å². The van der Waals surface area contributed by atoms with Crippen LogP contribution in [0.3, 0.4) is 0 Å². The number of benzene rings is 1. The zero-order chi connectivity index (χ0) is 19.6. The summed E-state index contributed by atoms with van der Waals surface area (Å²) in [5.41, 5.74) is 2.76. The van der Waals surface area contributed by atoms with Crippen molar-refractivity contribution in [1.82, 2.24) is 9.97 Å². The summed E-state index contributed by atoms with van der Waals surface area (Å²) in [6.07, 6.45) is 0. The van der Waals surface area contributed by atoms with Crippen molar-refractivity contribution in [3.8, 4) is 5.88 Å². The van der Waals surface area contributed by atoms with Gasteiger partial charge >= 0.3 is 0 Å². The van der Waals surface area contributed by atoms with Crippen LogP contribution in [0.5, 0.6) is 5.88 Å². The molecule has 0 spiro atoms. The first kappa shape index (κ1) is 21.3. The molecule has 3 rings (SSSR count). The molecule has 0 saturated heterocycles. The van der Waals surface area contributed by atoms with E-state index in [1.807, 2.05) is 0 Å². The van der Waals surface area contributed by atoms with Gasteiger partial charge in [-0.3, -0.25) is 0 Å². The SMILES string of the molecule is CCSc1nc(OCOCC[Si](C)(C)C)c2c3c(c(Br)c(Cl)c2n1)COC3. The molecule has 0 atom stereocenters. The first-order chi connectivity index (χ1) is 12.8. The normalized spacial score (nSPS) is 14.0. The summed E-state index contributed by atoms with van der Waals surface area (Å²) >= 11 is 11.8. The van der Waals surface area contributed by atoms with Crippen molar-refractivity contribution >= 4 is 58.3 Å². The lowest BCUT2D eigenvalue weighted by atomic mass is 10.1. The highest BCUT2D eigenvalue weighted by Gasteiger charge is 2.26. The maximum Gasteiger partial charge on any atom is 0.228 e. The maximum absolute atomic E-state index is 6.60. The molecular formula is C18H24BrClN2O3SSi. The van der Waals surface area contributed by atoms with Gasteiger partial charge in [0.25, 0.3) is 0 Å². The predicted octanol–water partition coefficient (Wildman–Crippen LogP) is 5.88. The largest absolute Gasteiger partial charge is 0.450 e. The maximum atomic E-state index is 6.60. The van der Waals surface area contributed by atoms with Gasteiger partial charge in [-0.05, 0) is 38.9 Å². The van der Waals surface area contributed by atoms with Gasteiger partial charge in [0.15, 0.2) is 11.9 Å². The first-order valence-electron chi connectivity index (χ1n) is 8.93. The van der Waals surface area contributed by atoms with E-state index in [2.05, 4.69) is 52.5 Å². The highest BCUT2D eigenvalue weighted by Crippen LogP contribution is 2.43. The van der Waals surface area contributed by atoms with Crippen LogP contribution in [0.15, 0.2) is 9.63 Å². The summed E-state index contributed by atoms with van der Waals surface area (Å²) in [6, 6.07) is 1.10. The summed E-state index contributed by atoms with van der Waals surface area (Å²) in [7, 11) is -1.13. The molecule has 27 heavy (non-hydrogen) atoms. The topological polar surface area (TPSA) is 53.5 Å². The highest BCUT2D eigenvalue weighted by atomic mass is 79.9. The lowest BCUT2D eigenvalue weighted by Gasteiger charge is -2.17. The molecule has 0 saturated carbocycles. The van der Waals surface area contributed by atoms with E-state index >= 15 is 0 Å². The van der Waals surface area contributed by atoms with E-state index in [9.17, 15) is 0 Å². The molecule has 0 aliphatic carbocycles. The predicted molar refractivity (Wildman–Crippen MR) is 117 cm³/mol. The van der Waals surface area contributed by atoms with Gasteiger partial charge in [-0.15, -0.1) is 0 Å². The van der Waals surface area contributed by atoms with Crippen molar-refractivity contribution in [2.24, 2.45) is 0 Å². The van der Waals surface area contributed by atoms with E-state index in [4.69, 9.17) is 25.8 Å². The average Bonchev–Trinajstić information content (AvgIpc) is 3.08. The van der Waals surface area contributed by atoms with Crippen molar-refractivity contribution < 1.29 is 14.2 Å². The second kappa shape index (κ2) is 8.96. The van der Waals surface area contributed by atoms with Crippen molar-refractivity contribution in [1.29, 1.82) is 0 Å². The molecule has 2 heterocycles. The first-order valence-corrected chi connectivity index (χ1v) is 14.8. The molecule has 1 aromatic carbocycles. The van der Waals surface area contributed by atoms with Gasteiger partial charge in [0, 0.05) is 19.2 Å². The molecule has 1 aliphatic heterocycles. The minimum atomic E-state index is -1.13. The molecule has 9 heteroatoms. The van der Waals surface area contributed by atoms with Gasteiger partial charge in [-0.2, -0.15) is 4.98 Å². The van der Waals surface area contributed by atoms with E-state index in [1.54, 1.807) is 11.8 Å². The van der Waals surface area contributed by atoms with Crippen LogP contribution < -0.4 is 4.74 Å². The van der Waals surface area contributed by atoms with Crippen molar-refractivity contribution in [2.45, 2.75) is 51.0 Å². The Balaban J connectivity index is 1.92. The van der Waals surface area contributed by atoms with Crippen LogP contribution >= 0.6 is 39.3 Å². The fourth-order valence-electron chi connectivity index (χ4n) is 2.77. The lowest BCUT2D eigenvalue weighted by molar-refractivity contribution is 0.0198. The molecule has 5 nitrogen and oxygen atoms in total. The molecule has 0 unspecified atom stereocenters. The quantitative estimate of drug-likeness (QED) is 0.151. The Morgan fingerprint density at radius 2 is 1.96 bits per heavy atom. The fraction of sp³-hybridized carbons (Fsp3) is 0.556. The molecule has 0 radical (unpaired) electrons. The number of nitrogens with zero attached hydrogens (tertiary/aromatic N) is 2. The molecule has 0 fully saturated rings. The van der Waals surface area contributed by atoms with E-state index in [0.717, 1.165) is 32.8 Å². The second-order valence-corrected chi connectivity index (χ2v) is 15.6.